The van der Waals surface area contributed by atoms with Crippen LogP contribution in [0.1, 0.15) is 31.9 Å². The molecule has 0 aliphatic carbocycles. The molecule has 1 aromatic rings. The smallest absolute Gasteiger partial charge is 0.126 e. The van der Waals surface area contributed by atoms with Gasteiger partial charge in [0.15, 0.2) is 0 Å². The molecule has 0 aliphatic heterocycles. The van der Waals surface area contributed by atoms with Crippen LogP contribution in [0.4, 0.5) is 0 Å². The lowest BCUT2D eigenvalue weighted by molar-refractivity contribution is 0.583. The number of benzene rings is 1. The lowest BCUT2D eigenvalue weighted by atomic mass is 10.1. The van der Waals surface area contributed by atoms with Crippen molar-refractivity contribution in [3.63, 3.8) is 0 Å². The van der Waals surface area contributed by atoms with Gasteiger partial charge in [0.2, 0.25) is 0 Å². The second kappa shape index (κ2) is 3.82. The van der Waals surface area contributed by atoms with Crippen molar-refractivity contribution < 1.29 is 0 Å². The maximum Gasteiger partial charge on any atom is 0.126 e. The van der Waals surface area contributed by atoms with Crippen LogP contribution in [0.3, 0.4) is 0 Å². The first-order chi connectivity index (χ1) is 6.38. The van der Waals surface area contributed by atoms with E-state index in [1.807, 2.05) is 52.0 Å². The summed E-state index contributed by atoms with van der Waals surface area (Å²) in [7, 11) is 0. The van der Waals surface area contributed by atoms with Gasteiger partial charge in [0.1, 0.15) is 5.84 Å². The summed E-state index contributed by atoms with van der Waals surface area (Å²) in [5, 5.41) is 0. The summed E-state index contributed by atoms with van der Waals surface area (Å²) in [6.07, 6.45) is 0. The number of nitrogens with zero attached hydrogens (tertiary/aromatic N) is 1. The molecule has 0 spiro atoms. The summed E-state index contributed by atoms with van der Waals surface area (Å²) in [5.74, 6) is 0.612. The Kier molecular flexibility index (Phi) is 2.94. The largest absolute Gasteiger partial charge is 0.383 e. The van der Waals surface area contributed by atoms with Crippen molar-refractivity contribution in [1.82, 2.24) is 0 Å². The van der Waals surface area contributed by atoms with Crippen LogP contribution in [0.25, 0.3) is 0 Å². The van der Waals surface area contributed by atoms with E-state index in [4.69, 9.17) is 5.73 Å². The average molecular weight is 190 g/mol. The van der Waals surface area contributed by atoms with Crippen LogP contribution in [0.2, 0.25) is 0 Å². The number of aryl methyl sites for hydroxylation is 1. The van der Waals surface area contributed by atoms with Crippen LogP contribution < -0.4 is 5.73 Å². The van der Waals surface area contributed by atoms with Crippen LogP contribution >= 0.6 is 0 Å². The molecule has 1 rings (SSSR count). The number of amidine groups is 1. The Morgan fingerprint density at radius 2 is 1.93 bits per heavy atom. The minimum absolute atomic E-state index is 0.117. The molecule has 0 heterocycles. The predicted molar refractivity (Wildman–Crippen MR) is 61.7 cm³/mol. The Morgan fingerprint density at radius 1 is 1.29 bits per heavy atom. The van der Waals surface area contributed by atoms with E-state index in [1.165, 1.54) is 5.56 Å². The molecule has 0 aromatic heterocycles. The SMILES string of the molecule is Cc1cccc(C(N)=NC(C)(C)C)c1. The number of rotatable bonds is 1. The van der Waals surface area contributed by atoms with E-state index >= 15 is 0 Å². The van der Waals surface area contributed by atoms with Crippen molar-refractivity contribution in [3.05, 3.63) is 35.4 Å². The molecule has 0 saturated carbocycles. The maximum atomic E-state index is 5.90. The summed E-state index contributed by atoms with van der Waals surface area (Å²) in [6.45, 7) is 8.16. The van der Waals surface area contributed by atoms with Crippen molar-refractivity contribution in [2.24, 2.45) is 10.7 Å². The van der Waals surface area contributed by atoms with E-state index in [-0.39, 0.29) is 5.54 Å². The highest BCUT2D eigenvalue weighted by Gasteiger charge is 2.08. The topological polar surface area (TPSA) is 38.4 Å². The van der Waals surface area contributed by atoms with Gasteiger partial charge in [-0.15, -0.1) is 0 Å². The Labute approximate surface area is 85.9 Å². The summed E-state index contributed by atoms with van der Waals surface area (Å²) >= 11 is 0. The second-order valence-corrected chi connectivity index (χ2v) is 4.54. The first-order valence-corrected chi connectivity index (χ1v) is 4.81. The molecule has 0 bridgehead atoms. The van der Waals surface area contributed by atoms with Crippen molar-refractivity contribution >= 4 is 5.84 Å². The molecular weight excluding hydrogens is 172 g/mol. The molecule has 2 N–H and O–H groups in total. The lowest BCUT2D eigenvalue weighted by Crippen LogP contribution is -2.21. The van der Waals surface area contributed by atoms with Crippen LogP contribution in [0.15, 0.2) is 29.3 Å². The number of nitrogens with two attached hydrogens (primary N) is 1. The van der Waals surface area contributed by atoms with Crippen molar-refractivity contribution in [2.75, 3.05) is 0 Å². The minimum Gasteiger partial charge on any atom is -0.383 e. The fourth-order valence-corrected chi connectivity index (χ4v) is 1.23. The Bertz CT molecular complexity index is 346. The third-order valence-corrected chi connectivity index (χ3v) is 1.77. The molecule has 0 atom stereocenters. The summed E-state index contributed by atoms with van der Waals surface area (Å²) in [5.41, 5.74) is 7.99. The molecule has 0 fully saturated rings. The van der Waals surface area contributed by atoms with Gasteiger partial charge < -0.3 is 5.73 Å². The molecular formula is C12H18N2. The molecule has 76 valence electrons. The molecule has 1 aromatic carbocycles. The zero-order valence-corrected chi connectivity index (χ0v) is 9.33. The van der Waals surface area contributed by atoms with Gasteiger partial charge in [-0.2, -0.15) is 0 Å². The summed E-state index contributed by atoms with van der Waals surface area (Å²) < 4.78 is 0. The van der Waals surface area contributed by atoms with Crippen LogP contribution in [0, 0.1) is 6.92 Å². The van der Waals surface area contributed by atoms with Crippen LogP contribution in [0.5, 0.6) is 0 Å². The number of hydrogen-bond donors (Lipinski definition) is 1. The molecule has 14 heavy (non-hydrogen) atoms. The second-order valence-electron chi connectivity index (χ2n) is 4.54. The average Bonchev–Trinajstić information content (AvgIpc) is 2.01. The first kappa shape index (κ1) is 10.8. The molecule has 0 saturated heterocycles. The molecule has 2 nitrogen and oxygen atoms in total. The highest BCUT2D eigenvalue weighted by Crippen LogP contribution is 2.09. The molecule has 0 unspecified atom stereocenters. The highest BCUT2D eigenvalue weighted by atomic mass is 14.9. The fraction of sp³-hybridized carbons (Fsp3) is 0.417. The maximum absolute atomic E-state index is 5.90. The normalized spacial score (nSPS) is 13.0. The predicted octanol–water partition coefficient (Wildman–Crippen LogP) is 2.50. The third-order valence-electron chi connectivity index (χ3n) is 1.77. The number of hydrogen-bond acceptors (Lipinski definition) is 1. The quantitative estimate of drug-likeness (QED) is 0.536. The van der Waals surface area contributed by atoms with E-state index in [0.717, 1.165) is 5.56 Å². The van der Waals surface area contributed by atoms with Crippen LogP contribution in [-0.4, -0.2) is 11.4 Å². The minimum atomic E-state index is -0.117. The Hall–Kier alpha value is -1.31. The Balaban J connectivity index is 3.01. The van der Waals surface area contributed by atoms with Gasteiger partial charge in [-0.25, -0.2) is 0 Å². The zero-order chi connectivity index (χ0) is 10.8. The van der Waals surface area contributed by atoms with E-state index in [0.29, 0.717) is 5.84 Å². The van der Waals surface area contributed by atoms with Gasteiger partial charge in [0.05, 0.1) is 5.54 Å². The van der Waals surface area contributed by atoms with Gasteiger partial charge in [0, 0.05) is 5.56 Å². The highest BCUT2D eigenvalue weighted by molar-refractivity contribution is 5.97. The van der Waals surface area contributed by atoms with Gasteiger partial charge in [-0.05, 0) is 33.8 Å². The molecule has 0 aliphatic rings. The summed E-state index contributed by atoms with van der Waals surface area (Å²) in [6, 6.07) is 8.08. The Morgan fingerprint density at radius 3 is 2.43 bits per heavy atom. The van der Waals surface area contributed by atoms with Crippen molar-refractivity contribution in [3.8, 4) is 0 Å². The molecule has 0 amide bonds. The van der Waals surface area contributed by atoms with Gasteiger partial charge in [-0.3, -0.25) is 4.99 Å². The van der Waals surface area contributed by atoms with Crippen molar-refractivity contribution in [1.29, 1.82) is 0 Å². The molecule has 2 heteroatoms. The number of aliphatic imine (C=N–C) groups is 1. The van der Waals surface area contributed by atoms with Gasteiger partial charge in [0.25, 0.3) is 0 Å². The lowest BCUT2D eigenvalue weighted by Gasteiger charge is -2.13. The monoisotopic (exact) mass is 190 g/mol. The summed E-state index contributed by atoms with van der Waals surface area (Å²) in [4.78, 5) is 4.42. The van der Waals surface area contributed by atoms with E-state index in [2.05, 4.69) is 4.99 Å². The third kappa shape index (κ3) is 3.21. The van der Waals surface area contributed by atoms with Crippen LogP contribution in [-0.2, 0) is 0 Å². The standard InChI is InChI=1S/C12H18N2/c1-9-6-5-7-10(8-9)11(13)14-12(2,3)4/h5-8H,1-4H3,(H2,13,14). The zero-order valence-electron chi connectivity index (χ0n) is 9.33. The first-order valence-electron chi connectivity index (χ1n) is 4.81. The van der Waals surface area contributed by atoms with Gasteiger partial charge in [-0.1, -0.05) is 23.8 Å². The fourth-order valence-electron chi connectivity index (χ4n) is 1.23. The van der Waals surface area contributed by atoms with E-state index < -0.39 is 0 Å². The van der Waals surface area contributed by atoms with E-state index in [9.17, 15) is 0 Å². The van der Waals surface area contributed by atoms with Gasteiger partial charge >= 0.3 is 0 Å². The van der Waals surface area contributed by atoms with E-state index in [1.54, 1.807) is 0 Å². The van der Waals surface area contributed by atoms with Crippen molar-refractivity contribution in [2.45, 2.75) is 33.2 Å². The molecule has 0 radical (unpaired) electrons.